The van der Waals surface area contributed by atoms with E-state index in [4.69, 9.17) is 9.47 Å². The number of allylic oxidation sites excluding steroid dienone is 1. The van der Waals surface area contributed by atoms with Crippen molar-refractivity contribution in [2.45, 2.75) is 0 Å². The number of methoxy groups -OCH3 is 2. The summed E-state index contributed by atoms with van der Waals surface area (Å²) < 4.78 is 10.4. The van der Waals surface area contributed by atoms with Crippen LogP contribution in [0.15, 0.2) is 60.1 Å². The predicted molar refractivity (Wildman–Crippen MR) is 104 cm³/mol. The Balaban J connectivity index is 1.80. The largest absolute Gasteiger partial charge is 0.497 e. The summed E-state index contributed by atoms with van der Waals surface area (Å²) in [4.78, 5) is 4.58. The number of rotatable bonds is 6. The lowest BCUT2D eigenvalue weighted by molar-refractivity contribution is 0.415. The minimum absolute atomic E-state index is 0.470. The number of thiazole rings is 1. The van der Waals surface area contributed by atoms with Gasteiger partial charge in [0.05, 0.1) is 19.9 Å². The van der Waals surface area contributed by atoms with Crippen LogP contribution < -0.4 is 14.8 Å². The number of hydrogen-bond acceptors (Lipinski definition) is 6. The van der Waals surface area contributed by atoms with E-state index in [1.165, 1.54) is 11.3 Å². The number of aromatic nitrogens is 1. The van der Waals surface area contributed by atoms with Crippen molar-refractivity contribution in [2.24, 2.45) is 0 Å². The highest BCUT2D eigenvalue weighted by atomic mass is 32.1. The SMILES string of the molecule is COc1ccc(-c2csc(C(C#N)=CNc3cccc(OC)c3)n2)cc1. The Bertz CT molecular complexity index is 956. The fraction of sp³-hybridized carbons (Fsp3) is 0.100. The molecule has 1 N–H and O–H groups in total. The van der Waals surface area contributed by atoms with Crippen LogP contribution in [-0.2, 0) is 0 Å². The van der Waals surface area contributed by atoms with Crippen LogP contribution in [0.5, 0.6) is 11.5 Å². The lowest BCUT2D eigenvalue weighted by Gasteiger charge is -2.04. The number of ether oxygens (including phenoxy) is 2. The third-order valence-corrected chi connectivity index (χ3v) is 4.57. The molecule has 0 aliphatic heterocycles. The van der Waals surface area contributed by atoms with E-state index in [-0.39, 0.29) is 0 Å². The molecule has 5 nitrogen and oxygen atoms in total. The van der Waals surface area contributed by atoms with Gasteiger partial charge in [-0.25, -0.2) is 4.98 Å². The van der Waals surface area contributed by atoms with Gasteiger partial charge in [-0.15, -0.1) is 11.3 Å². The molecule has 26 heavy (non-hydrogen) atoms. The Morgan fingerprint density at radius 2 is 1.88 bits per heavy atom. The molecule has 130 valence electrons. The molecule has 1 aromatic heterocycles. The number of anilines is 1. The molecule has 0 bridgehead atoms. The number of benzene rings is 2. The van der Waals surface area contributed by atoms with Crippen molar-refractivity contribution >= 4 is 22.6 Å². The van der Waals surface area contributed by atoms with Crippen LogP contribution in [0.2, 0.25) is 0 Å². The van der Waals surface area contributed by atoms with Crippen LogP contribution in [0, 0.1) is 11.3 Å². The molecule has 0 saturated carbocycles. The summed E-state index contributed by atoms with van der Waals surface area (Å²) in [5, 5.41) is 15.2. The summed E-state index contributed by atoms with van der Waals surface area (Å²) in [6, 6.07) is 17.4. The average molecular weight is 363 g/mol. The average Bonchev–Trinajstić information content (AvgIpc) is 3.19. The van der Waals surface area contributed by atoms with Crippen LogP contribution >= 0.6 is 11.3 Å². The maximum Gasteiger partial charge on any atom is 0.136 e. The van der Waals surface area contributed by atoms with Gasteiger partial charge in [0.1, 0.15) is 28.1 Å². The topological polar surface area (TPSA) is 67.2 Å². The van der Waals surface area contributed by atoms with Crippen molar-refractivity contribution in [1.82, 2.24) is 4.98 Å². The molecule has 3 aromatic rings. The minimum Gasteiger partial charge on any atom is -0.497 e. The highest BCUT2D eigenvalue weighted by Crippen LogP contribution is 2.27. The molecule has 0 spiro atoms. The first-order valence-corrected chi connectivity index (χ1v) is 8.72. The molecular weight excluding hydrogens is 346 g/mol. The Hall–Kier alpha value is -3.30. The van der Waals surface area contributed by atoms with Crippen LogP contribution in [0.4, 0.5) is 5.69 Å². The fourth-order valence-corrected chi connectivity index (χ4v) is 3.10. The molecule has 0 radical (unpaired) electrons. The van der Waals surface area contributed by atoms with E-state index in [1.54, 1.807) is 20.4 Å². The van der Waals surface area contributed by atoms with E-state index in [9.17, 15) is 5.26 Å². The highest BCUT2D eigenvalue weighted by molar-refractivity contribution is 7.11. The van der Waals surface area contributed by atoms with Crippen LogP contribution in [-0.4, -0.2) is 19.2 Å². The van der Waals surface area contributed by atoms with Gasteiger partial charge in [-0.2, -0.15) is 5.26 Å². The zero-order chi connectivity index (χ0) is 18.4. The normalized spacial score (nSPS) is 10.9. The van der Waals surface area contributed by atoms with Gasteiger partial charge < -0.3 is 14.8 Å². The smallest absolute Gasteiger partial charge is 0.136 e. The molecule has 1 heterocycles. The molecule has 0 aliphatic rings. The van der Waals surface area contributed by atoms with Crippen molar-refractivity contribution in [3.05, 3.63) is 65.1 Å². The zero-order valence-corrected chi connectivity index (χ0v) is 15.2. The van der Waals surface area contributed by atoms with Crippen molar-refractivity contribution in [3.63, 3.8) is 0 Å². The van der Waals surface area contributed by atoms with E-state index in [0.717, 1.165) is 28.4 Å². The van der Waals surface area contributed by atoms with E-state index in [1.807, 2.05) is 53.9 Å². The third-order valence-electron chi connectivity index (χ3n) is 3.69. The summed E-state index contributed by atoms with van der Waals surface area (Å²) in [5.41, 5.74) is 3.11. The highest BCUT2D eigenvalue weighted by Gasteiger charge is 2.09. The number of hydrogen-bond donors (Lipinski definition) is 1. The second-order valence-corrected chi connectivity index (χ2v) is 6.17. The predicted octanol–water partition coefficient (Wildman–Crippen LogP) is 4.80. The second kappa shape index (κ2) is 8.19. The van der Waals surface area contributed by atoms with Crippen LogP contribution in [0.1, 0.15) is 5.01 Å². The quantitative estimate of drug-likeness (QED) is 0.637. The lowest BCUT2D eigenvalue weighted by Crippen LogP contribution is -1.92. The van der Waals surface area contributed by atoms with Gasteiger partial charge in [0.15, 0.2) is 0 Å². The summed E-state index contributed by atoms with van der Waals surface area (Å²) >= 11 is 1.43. The zero-order valence-electron chi connectivity index (χ0n) is 14.4. The third kappa shape index (κ3) is 4.02. The van der Waals surface area contributed by atoms with Gasteiger partial charge in [-0.3, -0.25) is 0 Å². The Morgan fingerprint density at radius 1 is 1.12 bits per heavy atom. The van der Waals surface area contributed by atoms with Crippen molar-refractivity contribution in [2.75, 3.05) is 19.5 Å². The molecule has 3 rings (SSSR count). The molecule has 0 unspecified atom stereocenters. The molecule has 0 aliphatic carbocycles. The van der Waals surface area contributed by atoms with Crippen LogP contribution in [0.25, 0.3) is 16.8 Å². The van der Waals surface area contributed by atoms with Gasteiger partial charge >= 0.3 is 0 Å². The minimum atomic E-state index is 0.470. The van der Waals surface area contributed by atoms with Gasteiger partial charge in [0.25, 0.3) is 0 Å². The summed E-state index contributed by atoms with van der Waals surface area (Å²) in [6.45, 7) is 0. The fourth-order valence-electron chi connectivity index (χ4n) is 2.30. The second-order valence-electron chi connectivity index (χ2n) is 5.31. The molecule has 0 fully saturated rings. The van der Waals surface area contributed by atoms with Crippen molar-refractivity contribution in [3.8, 4) is 28.8 Å². The molecule has 0 amide bonds. The summed E-state index contributed by atoms with van der Waals surface area (Å²) in [7, 11) is 3.25. The molecule has 0 saturated heterocycles. The molecular formula is C20H17N3O2S. The lowest BCUT2D eigenvalue weighted by atomic mass is 10.2. The van der Waals surface area contributed by atoms with Crippen molar-refractivity contribution < 1.29 is 9.47 Å². The maximum absolute atomic E-state index is 9.47. The standard InChI is InChI=1S/C20H17N3O2S/c1-24-17-8-6-14(7-9-17)19-13-26-20(23-19)15(11-21)12-22-16-4-3-5-18(10-16)25-2/h3-10,12-13,22H,1-2H3. The number of nitriles is 1. The van der Waals surface area contributed by atoms with Gasteiger partial charge in [0, 0.05) is 28.9 Å². The summed E-state index contributed by atoms with van der Waals surface area (Å²) in [6.07, 6.45) is 1.66. The van der Waals surface area contributed by atoms with E-state index >= 15 is 0 Å². The van der Waals surface area contributed by atoms with Crippen molar-refractivity contribution in [1.29, 1.82) is 5.26 Å². The van der Waals surface area contributed by atoms with Gasteiger partial charge in [-0.1, -0.05) is 6.07 Å². The van der Waals surface area contributed by atoms with E-state index < -0.39 is 0 Å². The van der Waals surface area contributed by atoms with Gasteiger partial charge in [-0.05, 0) is 36.4 Å². The number of nitrogens with one attached hydrogen (secondary N) is 1. The Labute approximate surface area is 156 Å². The molecule has 0 atom stereocenters. The first kappa shape index (κ1) is 17.5. The monoisotopic (exact) mass is 363 g/mol. The van der Waals surface area contributed by atoms with Crippen LogP contribution in [0.3, 0.4) is 0 Å². The molecule has 2 aromatic carbocycles. The maximum atomic E-state index is 9.47. The number of nitrogens with zero attached hydrogens (tertiary/aromatic N) is 2. The molecule has 6 heteroatoms. The van der Waals surface area contributed by atoms with E-state index in [2.05, 4.69) is 16.4 Å². The van der Waals surface area contributed by atoms with E-state index in [0.29, 0.717) is 10.6 Å². The Kier molecular flexibility index (Phi) is 5.52. The van der Waals surface area contributed by atoms with Gasteiger partial charge in [0.2, 0.25) is 0 Å². The Morgan fingerprint density at radius 3 is 2.58 bits per heavy atom. The summed E-state index contributed by atoms with van der Waals surface area (Å²) in [5.74, 6) is 1.54. The first-order chi connectivity index (χ1) is 12.7. The first-order valence-electron chi connectivity index (χ1n) is 7.84.